The van der Waals surface area contributed by atoms with Crippen molar-refractivity contribution in [1.82, 2.24) is 14.8 Å². The summed E-state index contributed by atoms with van der Waals surface area (Å²) in [5.41, 5.74) is 7.03. The van der Waals surface area contributed by atoms with Crippen molar-refractivity contribution in [2.45, 2.75) is 32.0 Å². The molecule has 0 fully saturated rings. The summed E-state index contributed by atoms with van der Waals surface area (Å²) < 4.78 is 40.1. The fraction of sp³-hybridized carbons (Fsp3) is 0.263. The van der Waals surface area contributed by atoms with Gasteiger partial charge in [0.1, 0.15) is 12.2 Å². The van der Waals surface area contributed by atoms with E-state index >= 15 is 0 Å². The van der Waals surface area contributed by atoms with E-state index in [9.17, 15) is 13.2 Å². The molecule has 0 aliphatic carbocycles. The monoisotopic (exact) mass is 360 g/mol. The molecule has 0 spiro atoms. The average molecular weight is 360 g/mol. The number of nitrogens with zero attached hydrogens (tertiary/aromatic N) is 3. The lowest BCUT2D eigenvalue weighted by molar-refractivity contribution is -0.137. The normalized spacial score (nSPS) is 11.7. The van der Waals surface area contributed by atoms with Crippen molar-refractivity contribution in [1.29, 1.82) is 0 Å². The van der Waals surface area contributed by atoms with E-state index in [-0.39, 0.29) is 5.69 Å². The Balaban J connectivity index is 1.65. The Labute approximate surface area is 149 Å². The molecule has 3 rings (SSSR count). The van der Waals surface area contributed by atoms with E-state index in [1.165, 1.54) is 11.6 Å². The van der Waals surface area contributed by atoms with E-state index in [1.54, 1.807) is 6.33 Å². The largest absolute Gasteiger partial charge is 0.416 e. The quantitative estimate of drug-likeness (QED) is 0.673. The Morgan fingerprint density at radius 3 is 2.50 bits per heavy atom. The van der Waals surface area contributed by atoms with Crippen LogP contribution in [0.3, 0.4) is 0 Å². The zero-order chi connectivity index (χ0) is 18.6. The first-order valence-corrected chi connectivity index (χ1v) is 8.29. The van der Waals surface area contributed by atoms with Crippen LogP contribution in [0.25, 0.3) is 0 Å². The zero-order valence-corrected chi connectivity index (χ0v) is 14.1. The van der Waals surface area contributed by atoms with E-state index in [1.807, 2.05) is 22.8 Å². The molecule has 4 nitrogen and oxygen atoms in total. The van der Waals surface area contributed by atoms with Crippen LogP contribution in [0.15, 0.2) is 54.9 Å². The van der Waals surface area contributed by atoms with E-state index < -0.39 is 11.7 Å². The molecule has 1 heterocycles. The van der Waals surface area contributed by atoms with Gasteiger partial charge in [0.05, 0.1) is 5.56 Å². The van der Waals surface area contributed by atoms with Gasteiger partial charge in [0, 0.05) is 18.7 Å². The van der Waals surface area contributed by atoms with Crippen molar-refractivity contribution in [3.8, 4) is 0 Å². The lowest BCUT2D eigenvalue weighted by atomic mass is 10.1. The van der Waals surface area contributed by atoms with Crippen LogP contribution in [0, 0.1) is 0 Å². The number of nitrogens with two attached hydrogens (primary N) is 1. The lowest BCUT2D eigenvalue weighted by Gasteiger charge is -2.11. The number of alkyl halides is 3. The molecule has 0 atom stereocenters. The molecular weight excluding hydrogens is 341 g/mol. The van der Waals surface area contributed by atoms with Gasteiger partial charge >= 0.3 is 6.18 Å². The summed E-state index contributed by atoms with van der Waals surface area (Å²) in [6, 6.07) is 13.6. The first-order chi connectivity index (χ1) is 12.4. The van der Waals surface area contributed by atoms with Crippen LogP contribution < -0.4 is 5.73 Å². The summed E-state index contributed by atoms with van der Waals surface area (Å²) in [5, 5.41) is 8.01. The molecule has 0 radical (unpaired) electrons. The highest BCUT2D eigenvalue weighted by molar-refractivity contribution is 5.50. The highest BCUT2D eigenvalue weighted by Crippen LogP contribution is 2.31. The first kappa shape index (κ1) is 18.0. The smallest absolute Gasteiger partial charge is 0.398 e. The summed E-state index contributed by atoms with van der Waals surface area (Å²) in [6.45, 7) is 0.734. The second-order valence-electron chi connectivity index (χ2n) is 6.12. The van der Waals surface area contributed by atoms with Gasteiger partial charge in [-0.05, 0) is 36.1 Å². The molecule has 0 aliphatic heterocycles. The van der Waals surface area contributed by atoms with Crippen LogP contribution in [-0.4, -0.2) is 14.8 Å². The predicted molar refractivity (Wildman–Crippen MR) is 93.4 cm³/mol. The summed E-state index contributed by atoms with van der Waals surface area (Å²) in [7, 11) is 0. The van der Waals surface area contributed by atoms with Gasteiger partial charge in [0.2, 0.25) is 0 Å². The second kappa shape index (κ2) is 7.59. The van der Waals surface area contributed by atoms with Crippen LogP contribution >= 0.6 is 0 Å². The number of rotatable bonds is 6. The number of anilines is 1. The van der Waals surface area contributed by atoms with Gasteiger partial charge in [-0.25, -0.2) is 0 Å². The van der Waals surface area contributed by atoms with Gasteiger partial charge < -0.3 is 10.3 Å². The van der Waals surface area contributed by atoms with Crippen molar-refractivity contribution >= 4 is 5.69 Å². The lowest BCUT2D eigenvalue weighted by Crippen LogP contribution is -2.09. The van der Waals surface area contributed by atoms with Crippen molar-refractivity contribution in [2.24, 2.45) is 0 Å². The Hall–Kier alpha value is -2.83. The maximum absolute atomic E-state index is 12.7. The summed E-state index contributed by atoms with van der Waals surface area (Å²) >= 11 is 0. The van der Waals surface area contributed by atoms with Crippen LogP contribution in [0.4, 0.5) is 18.9 Å². The fourth-order valence-corrected chi connectivity index (χ4v) is 2.80. The molecule has 7 heteroatoms. The topological polar surface area (TPSA) is 56.7 Å². The minimum Gasteiger partial charge on any atom is -0.398 e. The van der Waals surface area contributed by atoms with Crippen LogP contribution in [0.2, 0.25) is 0 Å². The minimum atomic E-state index is -4.40. The Bertz CT molecular complexity index is 857. The van der Waals surface area contributed by atoms with E-state index in [2.05, 4.69) is 22.3 Å². The Kier molecular flexibility index (Phi) is 5.25. The van der Waals surface area contributed by atoms with Crippen molar-refractivity contribution in [3.05, 3.63) is 77.4 Å². The maximum Gasteiger partial charge on any atom is 0.416 e. The number of aryl methyl sites for hydroxylation is 2. The van der Waals surface area contributed by atoms with Gasteiger partial charge in [-0.1, -0.05) is 36.4 Å². The molecule has 3 aromatic rings. The second-order valence-corrected chi connectivity index (χ2v) is 6.12. The summed E-state index contributed by atoms with van der Waals surface area (Å²) in [6.07, 6.45) is -0.571. The number of hydrogen-bond donors (Lipinski definition) is 1. The Morgan fingerprint density at radius 2 is 1.81 bits per heavy atom. The van der Waals surface area contributed by atoms with Crippen molar-refractivity contribution < 1.29 is 13.2 Å². The van der Waals surface area contributed by atoms with Crippen molar-refractivity contribution in [3.63, 3.8) is 0 Å². The number of aromatic nitrogens is 3. The molecule has 1 aromatic heterocycles. The number of nitrogen functional groups attached to an aromatic ring is 1. The average Bonchev–Trinajstić information content (AvgIpc) is 3.04. The van der Waals surface area contributed by atoms with Gasteiger partial charge in [0.25, 0.3) is 0 Å². The Morgan fingerprint density at radius 1 is 1.04 bits per heavy atom. The van der Waals surface area contributed by atoms with Crippen LogP contribution in [-0.2, 0) is 25.6 Å². The zero-order valence-electron chi connectivity index (χ0n) is 14.1. The van der Waals surface area contributed by atoms with Gasteiger partial charge in [0.15, 0.2) is 0 Å². The minimum absolute atomic E-state index is 0.110. The number of halogens is 3. The molecule has 0 unspecified atom stereocenters. The van der Waals surface area contributed by atoms with E-state index in [0.29, 0.717) is 17.8 Å². The molecule has 2 N–H and O–H groups in total. The van der Waals surface area contributed by atoms with Crippen LogP contribution in [0.5, 0.6) is 0 Å². The number of benzene rings is 2. The standard InChI is InChI=1S/C19H19F3N4/c20-19(21,22)16-9-8-15(17(23)12-16)11-18-25-24-13-26(18)10-4-7-14-5-2-1-3-6-14/h1-3,5-6,8-9,12-13H,4,7,10-11,23H2. The third kappa shape index (κ3) is 4.41. The highest BCUT2D eigenvalue weighted by Gasteiger charge is 2.30. The maximum atomic E-state index is 12.7. The van der Waals surface area contributed by atoms with E-state index in [4.69, 9.17) is 5.73 Å². The first-order valence-electron chi connectivity index (χ1n) is 8.29. The molecule has 136 valence electrons. The predicted octanol–water partition coefficient (Wildman–Crippen LogP) is 4.10. The number of hydrogen-bond acceptors (Lipinski definition) is 3. The van der Waals surface area contributed by atoms with Crippen LogP contribution in [0.1, 0.15) is 28.9 Å². The third-order valence-corrected chi connectivity index (χ3v) is 4.22. The van der Waals surface area contributed by atoms with E-state index in [0.717, 1.165) is 31.5 Å². The molecular formula is C19H19F3N4. The molecule has 2 aromatic carbocycles. The van der Waals surface area contributed by atoms with Crippen molar-refractivity contribution in [2.75, 3.05) is 5.73 Å². The third-order valence-electron chi connectivity index (χ3n) is 4.22. The molecule has 0 aliphatic rings. The highest BCUT2D eigenvalue weighted by atomic mass is 19.4. The molecule has 26 heavy (non-hydrogen) atoms. The SMILES string of the molecule is Nc1cc(C(F)(F)F)ccc1Cc1nncn1CCCc1ccccc1. The molecule has 0 saturated heterocycles. The van der Waals surface area contributed by atoms with Gasteiger partial charge in [-0.2, -0.15) is 13.2 Å². The molecule has 0 bridgehead atoms. The molecule has 0 amide bonds. The fourth-order valence-electron chi connectivity index (χ4n) is 2.80. The van der Waals surface area contributed by atoms with Gasteiger partial charge in [-0.15, -0.1) is 10.2 Å². The molecule has 0 saturated carbocycles. The summed E-state index contributed by atoms with van der Waals surface area (Å²) in [4.78, 5) is 0. The van der Waals surface area contributed by atoms with Gasteiger partial charge in [-0.3, -0.25) is 0 Å². The summed E-state index contributed by atoms with van der Waals surface area (Å²) in [5.74, 6) is 0.685.